The second kappa shape index (κ2) is 4.44. The lowest BCUT2D eigenvalue weighted by atomic mass is 10.1. The van der Waals surface area contributed by atoms with E-state index in [0.29, 0.717) is 6.54 Å². The van der Waals surface area contributed by atoms with Gasteiger partial charge in [0.2, 0.25) is 5.91 Å². The second-order valence-corrected chi connectivity index (χ2v) is 4.58. The van der Waals surface area contributed by atoms with E-state index in [4.69, 9.17) is 11.6 Å². The highest BCUT2D eigenvalue weighted by atomic mass is 35.5. The van der Waals surface area contributed by atoms with Gasteiger partial charge in [0.15, 0.2) is 0 Å². The highest BCUT2D eigenvalue weighted by Gasteiger charge is 2.28. The van der Waals surface area contributed by atoms with Gasteiger partial charge in [-0.1, -0.05) is 12.1 Å². The molecule has 0 spiro atoms. The van der Waals surface area contributed by atoms with E-state index in [1.807, 2.05) is 18.2 Å². The van der Waals surface area contributed by atoms with Crippen LogP contribution in [0.5, 0.6) is 0 Å². The molecule has 1 aromatic rings. The summed E-state index contributed by atoms with van der Waals surface area (Å²) in [5.41, 5.74) is 2.86. The van der Waals surface area contributed by atoms with Gasteiger partial charge in [-0.3, -0.25) is 4.79 Å². The van der Waals surface area contributed by atoms with E-state index < -0.39 is 5.38 Å². The highest BCUT2D eigenvalue weighted by molar-refractivity contribution is 6.32. The Morgan fingerprint density at radius 3 is 3.00 bits per heavy atom. The lowest BCUT2D eigenvalue weighted by molar-refractivity contribution is -0.117. The largest absolute Gasteiger partial charge is 0.392 e. The first-order valence-corrected chi connectivity index (χ1v) is 5.76. The maximum absolute atomic E-state index is 11.8. The summed E-state index contributed by atoms with van der Waals surface area (Å²) in [5.74, 6) is -0.0736. The van der Waals surface area contributed by atoms with Crippen molar-refractivity contribution in [1.29, 1.82) is 0 Å². The van der Waals surface area contributed by atoms with E-state index in [0.717, 1.165) is 23.2 Å². The van der Waals surface area contributed by atoms with Crippen LogP contribution in [0.4, 0.5) is 5.69 Å². The molecule has 1 aliphatic heterocycles. The van der Waals surface area contributed by atoms with Crippen LogP contribution in [0, 0.1) is 0 Å². The molecule has 0 aliphatic carbocycles. The smallest absolute Gasteiger partial charge is 0.244 e. The molecule has 1 heterocycles. The van der Waals surface area contributed by atoms with E-state index in [1.54, 1.807) is 11.8 Å². The molecule has 1 aromatic carbocycles. The first-order chi connectivity index (χ1) is 7.65. The number of hydrogen-bond acceptors (Lipinski definition) is 2. The predicted octanol–water partition coefficient (Wildman–Crippen LogP) is 1.70. The van der Waals surface area contributed by atoms with Crippen molar-refractivity contribution < 1.29 is 9.90 Å². The van der Waals surface area contributed by atoms with Crippen molar-refractivity contribution in [2.45, 2.75) is 25.3 Å². The molecule has 0 fully saturated rings. The third-order valence-corrected chi connectivity index (χ3v) is 3.09. The Labute approximate surface area is 99.6 Å². The Balaban J connectivity index is 2.37. The average molecular weight is 240 g/mol. The van der Waals surface area contributed by atoms with Crippen molar-refractivity contribution in [2.24, 2.45) is 0 Å². The molecule has 0 bridgehead atoms. The zero-order chi connectivity index (χ0) is 11.7. The van der Waals surface area contributed by atoms with Crippen molar-refractivity contribution >= 4 is 23.2 Å². The SMILES string of the molecule is CC(Cl)C(=O)N1CCc2c(CO)cccc21. The number of aliphatic hydroxyl groups is 1. The number of rotatable bonds is 2. The standard InChI is InChI=1S/C12H14ClNO2/c1-8(13)12(16)14-6-5-10-9(7-15)3-2-4-11(10)14/h2-4,8,15H,5-7H2,1H3. The van der Waals surface area contributed by atoms with E-state index in [-0.39, 0.29) is 12.5 Å². The minimum Gasteiger partial charge on any atom is -0.392 e. The lowest BCUT2D eigenvalue weighted by Crippen LogP contribution is -2.34. The van der Waals surface area contributed by atoms with Crippen LogP contribution in [0.3, 0.4) is 0 Å². The predicted molar refractivity (Wildman–Crippen MR) is 63.7 cm³/mol. The normalized spacial score (nSPS) is 16.1. The topological polar surface area (TPSA) is 40.5 Å². The van der Waals surface area contributed by atoms with Gasteiger partial charge in [0.25, 0.3) is 0 Å². The van der Waals surface area contributed by atoms with Crippen molar-refractivity contribution in [2.75, 3.05) is 11.4 Å². The molecule has 0 radical (unpaired) electrons. The van der Waals surface area contributed by atoms with Crippen molar-refractivity contribution in [1.82, 2.24) is 0 Å². The number of benzene rings is 1. The second-order valence-electron chi connectivity index (χ2n) is 3.93. The Morgan fingerprint density at radius 1 is 1.62 bits per heavy atom. The number of alkyl halides is 1. The molecule has 1 unspecified atom stereocenters. The highest BCUT2D eigenvalue weighted by Crippen LogP contribution is 2.31. The number of halogens is 1. The molecule has 0 saturated heterocycles. The maximum Gasteiger partial charge on any atom is 0.244 e. The first-order valence-electron chi connectivity index (χ1n) is 5.32. The zero-order valence-electron chi connectivity index (χ0n) is 9.11. The van der Waals surface area contributed by atoms with Crippen molar-refractivity contribution in [3.05, 3.63) is 29.3 Å². The van der Waals surface area contributed by atoms with Gasteiger partial charge >= 0.3 is 0 Å². The fourth-order valence-corrected chi connectivity index (χ4v) is 2.22. The van der Waals surface area contributed by atoms with Gasteiger partial charge in [0.05, 0.1) is 6.61 Å². The third kappa shape index (κ3) is 1.81. The fourth-order valence-electron chi connectivity index (χ4n) is 2.10. The van der Waals surface area contributed by atoms with Crippen LogP contribution in [0.25, 0.3) is 0 Å². The quantitative estimate of drug-likeness (QED) is 0.798. The van der Waals surface area contributed by atoms with E-state index in [9.17, 15) is 9.90 Å². The molecule has 0 saturated carbocycles. The number of carbonyl (C=O) groups is 1. The molecule has 1 atom stereocenters. The summed E-state index contributed by atoms with van der Waals surface area (Å²) in [5, 5.41) is 8.70. The number of aliphatic hydroxyl groups excluding tert-OH is 1. The average Bonchev–Trinajstić information content (AvgIpc) is 2.71. The van der Waals surface area contributed by atoms with Crippen LogP contribution in [-0.4, -0.2) is 22.9 Å². The summed E-state index contributed by atoms with van der Waals surface area (Å²) in [6.45, 7) is 2.35. The van der Waals surface area contributed by atoms with E-state index in [1.165, 1.54) is 0 Å². The van der Waals surface area contributed by atoms with Gasteiger partial charge in [0, 0.05) is 12.2 Å². The maximum atomic E-state index is 11.8. The summed E-state index contributed by atoms with van der Waals surface area (Å²) in [6.07, 6.45) is 0.793. The van der Waals surface area contributed by atoms with E-state index in [2.05, 4.69) is 0 Å². The first kappa shape index (κ1) is 11.4. The van der Waals surface area contributed by atoms with Crippen LogP contribution in [-0.2, 0) is 17.8 Å². The number of carbonyl (C=O) groups excluding carboxylic acids is 1. The van der Waals surface area contributed by atoms with Crippen LogP contribution < -0.4 is 4.90 Å². The molecule has 1 N–H and O–H groups in total. The molecule has 3 nitrogen and oxygen atoms in total. The van der Waals surface area contributed by atoms with Gasteiger partial charge in [-0.25, -0.2) is 0 Å². The summed E-state index contributed by atoms with van der Waals surface area (Å²) in [4.78, 5) is 13.5. The van der Waals surface area contributed by atoms with Crippen LogP contribution in [0.1, 0.15) is 18.1 Å². The number of hydrogen-bond donors (Lipinski definition) is 1. The summed E-state index contributed by atoms with van der Waals surface area (Å²) in [6, 6.07) is 5.64. The minimum absolute atomic E-state index is 0.0155. The van der Waals surface area contributed by atoms with Gasteiger partial charge in [-0.2, -0.15) is 0 Å². The van der Waals surface area contributed by atoms with E-state index >= 15 is 0 Å². The summed E-state index contributed by atoms with van der Waals surface area (Å²) in [7, 11) is 0. The Hall–Kier alpha value is -1.06. The van der Waals surface area contributed by atoms with Gasteiger partial charge in [-0.15, -0.1) is 11.6 Å². The fraction of sp³-hybridized carbons (Fsp3) is 0.417. The van der Waals surface area contributed by atoms with Crippen LogP contribution in [0.2, 0.25) is 0 Å². The molecule has 0 aromatic heterocycles. The monoisotopic (exact) mass is 239 g/mol. The number of nitrogens with zero attached hydrogens (tertiary/aromatic N) is 1. The number of anilines is 1. The molecular weight excluding hydrogens is 226 g/mol. The lowest BCUT2D eigenvalue weighted by Gasteiger charge is -2.18. The molecule has 1 aliphatic rings. The number of amides is 1. The molecule has 1 amide bonds. The van der Waals surface area contributed by atoms with Crippen molar-refractivity contribution in [3.8, 4) is 0 Å². The molecule has 4 heteroatoms. The summed E-state index contributed by atoms with van der Waals surface area (Å²) < 4.78 is 0. The molecule has 86 valence electrons. The Morgan fingerprint density at radius 2 is 2.38 bits per heavy atom. The summed E-state index contributed by atoms with van der Waals surface area (Å²) >= 11 is 5.81. The van der Waals surface area contributed by atoms with Crippen LogP contribution in [0.15, 0.2) is 18.2 Å². The Bertz CT molecular complexity index is 417. The minimum atomic E-state index is -0.510. The molecule has 2 rings (SSSR count). The Kier molecular flexibility index (Phi) is 3.17. The van der Waals surface area contributed by atoms with Gasteiger partial charge in [0.1, 0.15) is 5.38 Å². The molecule has 16 heavy (non-hydrogen) atoms. The third-order valence-electron chi connectivity index (χ3n) is 2.90. The zero-order valence-corrected chi connectivity index (χ0v) is 9.87. The van der Waals surface area contributed by atoms with Crippen molar-refractivity contribution in [3.63, 3.8) is 0 Å². The molecular formula is C12H14ClNO2. The van der Waals surface area contributed by atoms with Crippen LogP contribution >= 0.6 is 11.6 Å². The number of fused-ring (bicyclic) bond motifs is 1. The van der Waals surface area contributed by atoms with Gasteiger partial charge < -0.3 is 10.0 Å². The van der Waals surface area contributed by atoms with Gasteiger partial charge in [-0.05, 0) is 30.5 Å².